The van der Waals surface area contributed by atoms with Crippen LogP contribution in [0, 0.1) is 0 Å². The van der Waals surface area contributed by atoms with Crippen molar-refractivity contribution >= 4 is 11.8 Å². The van der Waals surface area contributed by atoms with Gasteiger partial charge >= 0.3 is 6.09 Å². The van der Waals surface area contributed by atoms with Crippen molar-refractivity contribution in [3.8, 4) is 0 Å². The van der Waals surface area contributed by atoms with E-state index in [0.717, 1.165) is 23.2 Å². The smallest absolute Gasteiger partial charge is 0.415 e. The van der Waals surface area contributed by atoms with Gasteiger partial charge in [-0.3, -0.25) is 4.90 Å². The molecule has 3 heteroatoms. The van der Waals surface area contributed by atoms with E-state index >= 15 is 0 Å². The summed E-state index contributed by atoms with van der Waals surface area (Å²) in [5, 5.41) is 0. The molecule has 2 aromatic rings. The number of benzene rings is 2. The minimum absolute atomic E-state index is 0.00785. The molecule has 0 bridgehead atoms. The molecule has 3 nitrogen and oxygen atoms in total. The van der Waals surface area contributed by atoms with Crippen LogP contribution in [0.3, 0.4) is 0 Å². The Morgan fingerprint density at radius 3 is 2.38 bits per heavy atom. The van der Waals surface area contributed by atoms with Crippen LogP contribution < -0.4 is 0 Å². The molecule has 0 N–H and O–H groups in total. The number of amides is 1. The van der Waals surface area contributed by atoms with Gasteiger partial charge in [0.1, 0.15) is 6.61 Å². The Kier molecular flexibility index (Phi) is 5.12. The maximum atomic E-state index is 12.8. The van der Waals surface area contributed by atoms with Crippen molar-refractivity contribution in [2.24, 2.45) is 0 Å². The maximum Gasteiger partial charge on any atom is 0.415 e. The van der Waals surface area contributed by atoms with Crippen LogP contribution >= 0.6 is 0 Å². The first kappa shape index (κ1) is 16.1. The van der Waals surface area contributed by atoms with E-state index in [-0.39, 0.29) is 18.7 Å². The first-order valence-corrected chi connectivity index (χ1v) is 8.23. The van der Waals surface area contributed by atoms with Crippen molar-refractivity contribution in [3.05, 3.63) is 90.0 Å². The quantitative estimate of drug-likeness (QED) is 0.792. The van der Waals surface area contributed by atoms with Crippen molar-refractivity contribution in [1.29, 1.82) is 0 Å². The van der Waals surface area contributed by atoms with E-state index in [1.165, 1.54) is 0 Å². The second-order valence-electron chi connectivity index (χ2n) is 5.69. The van der Waals surface area contributed by atoms with E-state index in [0.29, 0.717) is 0 Å². The van der Waals surface area contributed by atoms with Gasteiger partial charge in [-0.15, -0.1) is 0 Å². The fraction of sp³-hybridized carbons (Fsp3) is 0.190. The molecule has 1 aliphatic heterocycles. The fourth-order valence-electron chi connectivity index (χ4n) is 2.81. The van der Waals surface area contributed by atoms with E-state index in [9.17, 15) is 4.79 Å². The zero-order chi connectivity index (χ0) is 16.8. The van der Waals surface area contributed by atoms with Crippen LogP contribution in [0.4, 0.5) is 4.79 Å². The summed E-state index contributed by atoms with van der Waals surface area (Å²) in [7, 11) is 0. The number of carbonyl (C=O) groups excluding carboxylic acids is 1. The molecule has 0 fully saturated rings. The van der Waals surface area contributed by atoms with Gasteiger partial charge in [0, 0.05) is 0 Å². The highest BCUT2D eigenvalue weighted by molar-refractivity contribution is 5.84. The average molecular weight is 319 g/mol. The topological polar surface area (TPSA) is 29.5 Å². The summed E-state index contributed by atoms with van der Waals surface area (Å²) < 4.78 is 5.56. The van der Waals surface area contributed by atoms with Crippen molar-refractivity contribution in [3.63, 3.8) is 0 Å². The average Bonchev–Trinajstić information content (AvgIpc) is 2.67. The zero-order valence-electron chi connectivity index (χ0n) is 13.8. The van der Waals surface area contributed by atoms with E-state index in [1.807, 2.05) is 78.9 Å². The van der Waals surface area contributed by atoms with Crippen LogP contribution in [0.25, 0.3) is 5.70 Å². The molecule has 0 aromatic heterocycles. The lowest BCUT2D eigenvalue weighted by Crippen LogP contribution is -2.39. The normalized spacial score (nSPS) is 16.6. The van der Waals surface area contributed by atoms with Gasteiger partial charge in [-0.2, -0.15) is 0 Å². The number of rotatable bonds is 4. The summed E-state index contributed by atoms with van der Waals surface area (Å²) in [6.07, 6.45) is 6.53. The van der Waals surface area contributed by atoms with Crippen LogP contribution in [0.5, 0.6) is 0 Å². The molecule has 1 atom stereocenters. The minimum Gasteiger partial charge on any atom is -0.444 e. The van der Waals surface area contributed by atoms with Gasteiger partial charge in [0.05, 0.1) is 11.7 Å². The Morgan fingerprint density at radius 1 is 1.04 bits per heavy atom. The Hall–Kier alpha value is -2.81. The van der Waals surface area contributed by atoms with Crippen LogP contribution in [-0.4, -0.2) is 17.0 Å². The van der Waals surface area contributed by atoms with Gasteiger partial charge in [0.2, 0.25) is 0 Å². The number of nitrogens with zero attached hydrogens (tertiary/aromatic N) is 1. The molecule has 1 heterocycles. The van der Waals surface area contributed by atoms with Crippen LogP contribution in [0.15, 0.2) is 78.9 Å². The highest BCUT2D eigenvalue weighted by Crippen LogP contribution is 2.28. The second kappa shape index (κ2) is 7.64. The molecule has 1 amide bonds. The Morgan fingerprint density at radius 2 is 1.71 bits per heavy atom. The van der Waals surface area contributed by atoms with Crippen LogP contribution in [-0.2, 0) is 11.3 Å². The lowest BCUT2D eigenvalue weighted by Gasteiger charge is -2.32. The number of hydrogen-bond donors (Lipinski definition) is 0. The molecule has 0 saturated heterocycles. The molecule has 0 spiro atoms. The summed E-state index contributed by atoms with van der Waals surface area (Å²) >= 11 is 0. The summed E-state index contributed by atoms with van der Waals surface area (Å²) in [6.45, 7) is 2.35. The predicted octanol–water partition coefficient (Wildman–Crippen LogP) is 5.01. The lowest BCUT2D eigenvalue weighted by atomic mass is 10.0. The molecular formula is C21H21NO2. The molecular weight excluding hydrogens is 298 g/mol. The molecule has 1 unspecified atom stereocenters. The standard InChI is InChI=1S/C21H21NO2/c1-2-19-14-9-15-20(18-12-7-4-8-13-18)22(19)21(23)24-16-17-10-5-3-6-11-17/h3-15,19H,2,16H2,1H3. The maximum absolute atomic E-state index is 12.8. The third-order valence-corrected chi connectivity index (χ3v) is 4.07. The van der Waals surface area contributed by atoms with E-state index < -0.39 is 0 Å². The van der Waals surface area contributed by atoms with E-state index in [2.05, 4.69) is 6.92 Å². The summed E-state index contributed by atoms with van der Waals surface area (Å²) in [5.74, 6) is 0. The molecule has 0 saturated carbocycles. The largest absolute Gasteiger partial charge is 0.444 e. The molecule has 3 rings (SSSR count). The number of carbonyl (C=O) groups is 1. The number of hydrogen-bond acceptors (Lipinski definition) is 2. The zero-order valence-corrected chi connectivity index (χ0v) is 13.8. The van der Waals surface area contributed by atoms with Crippen molar-refractivity contribution in [2.75, 3.05) is 0 Å². The minimum atomic E-state index is -0.315. The van der Waals surface area contributed by atoms with Crippen LogP contribution in [0.2, 0.25) is 0 Å². The van der Waals surface area contributed by atoms with E-state index in [1.54, 1.807) is 4.90 Å². The molecule has 0 radical (unpaired) electrons. The van der Waals surface area contributed by atoms with E-state index in [4.69, 9.17) is 4.74 Å². The molecule has 1 aliphatic rings. The fourth-order valence-corrected chi connectivity index (χ4v) is 2.81. The SMILES string of the molecule is CCC1C=CC=C(c2ccccc2)N1C(=O)OCc1ccccc1. The highest BCUT2D eigenvalue weighted by atomic mass is 16.6. The summed E-state index contributed by atoms with van der Waals surface area (Å²) in [6, 6.07) is 19.7. The predicted molar refractivity (Wildman–Crippen MR) is 96.1 cm³/mol. The van der Waals surface area contributed by atoms with Crippen molar-refractivity contribution in [2.45, 2.75) is 26.0 Å². The molecule has 2 aromatic carbocycles. The van der Waals surface area contributed by atoms with Crippen molar-refractivity contribution < 1.29 is 9.53 Å². The molecule has 122 valence electrons. The van der Waals surface area contributed by atoms with Gasteiger partial charge in [-0.1, -0.05) is 79.7 Å². The number of ether oxygens (including phenoxy) is 1. The Balaban J connectivity index is 1.80. The second-order valence-corrected chi connectivity index (χ2v) is 5.69. The summed E-state index contributed by atoms with van der Waals surface area (Å²) in [4.78, 5) is 14.5. The first-order valence-electron chi connectivity index (χ1n) is 8.23. The Labute approximate surface area is 142 Å². The van der Waals surface area contributed by atoms with Crippen molar-refractivity contribution in [1.82, 2.24) is 4.90 Å². The van der Waals surface area contributed by atoms with Gasteiger partial charge in [0.25, 0.3) is 0 Å². The molecule has 24 heavy (non-hydrogen) atoms. The third-order valence-electron chi connectivity index (χ3n) is 4.07. The van der Waals surface area contributed by atoms with Gasteiger partial charge in [0.15, 0.2) is 0 Å². The lowest BCUT2D eigenvalue weighted by molar-refractivity contribution is 0.106. The monoisotopic (exact) mass is 319 g/mol. The number of allylic oxidation sites excluding steroid dienone is 2. The Bertz CT molecular complexity index is 735. The summed E-state index contributed by atoms with van der Waals surface area (Å²) in [5.41, 5.74) is 2.87. The van der Waals surface area contributed by atoms with Crippen LogP contribution in [0.1, 0.15) is 24.5 Å². The highest BCUT2D eigenvalue weighted by Gasteiger charge is 2.28. The van der Waals surface area contributed by atoms with Gasteiger partial charge in [-0.25, -0.2) is 4.79 Å². The molecule has 0 aliphatic carbocycles. The first-order chi connectivity index (χ1) is 11.8. The third kappa shape index (κ3) is 3.57. The van der Waals surface area contributed by atoms with Gasteiger partial charge < -0.3 is 4.74 Å². The van der Waals surface area contributed by atoms with Gasteiger partial charge in [-0.05, 0) is 23.6 Å².